The zero-order valence-corrected chi connectivity index (χ0v) is 8.49. The van der Waals surface area contributed by atoms with Gasteiger partial charge in [-0.2, -0.15) is 0 Å². The van der Waals surface area contributed by atoms with Crippen molar-refractivity contribution in [2.24, 2.45) is 0 Å². The lowest BCUT2D eigenvalue weighted by atomic mass is 9.99. The van der Waals surface area contributed by atoms with Gasteiger partial charge in [-0.25, -0.2) is 0 Å². The Labute approximate surface area is 84.5 Å². The van der Waals surface area contributed by atoms with E-state index in [-0.39, 0.29) is 5.91 Å². The summed E-state index contributed by atoms with van der Waals surface area (Å²) in [6, 6.07) is 7.94. The highest BCUT2D eigenvalue weighted by molar-refractivity contribution is 5.95. The molecule has 0 fully saturated rings. The molecule has 1 heterocycles. The van der Waals surface area contributed by atoms with E-state index in [1.54, 1.807) is 0 Å². The minimum absolute atomic E-state index is 0.167. The molecule has 0 spiro atoms. The number of hydrogen-bond acceptors (Lipinski definition) is 1. The van der Waals surface area contributed by atoms with Crippen LogP contribution in [0.3, 0.4) is 0 Å². The molecular weight excluding hydrogens is 174 g/mol. The largest absolute Gasteiger partial charge is 0.342 e. The highest BCUT2D eigenvalue weighted by Gasteiger charge is 2.16. The summed E-state index contributed by atoms with van der Waals surface area (Å²) >= 11 is 0. The molecule has 1 aromatic rings. The molecule has 0 aliphatic carbocycles. The molecule has 0 saturated heterocycles. The van der Waals surface area contributed by atoms with Crippen molar-refractivity contribution in [1.29, 1.82) is 0 Å². The Kier molecular flexibility index (Phi) is 2.53. The molecule has 14 heavy (non-hydrogen) atoms. The van der Waals surface area contributed by atoms with Crippen LogP contribution in [0, 0.1) is 0 Å². The highest BCUT2D eigenvalue weighted by atomic mass is 16.2. The second kappa shape index (κ2) is 3.82. The van der Waals surface area contributed by atoms with E-state index in [0.717, 1.165) is 24.9 Å². The van der Waals surface area contributed by atoms with Crippen molar-refractivity contribution in [3.8, 4) is 0 Å². The number of benzene rings is 1. The average molecular weight is 189 g/mol. The smallest absolute Gasteiger partial charge is 0.253 e. The van der Waals surface area contributed by atoms with Crippen LogP contribution in [0.1, 0.15) is 28.8 Å². The van der Waals surface area contributed by atoms with E-state index in [1.165, 1.54) is 12.0 Å². The Morgan fingerprint density at radius 3 is 2.86 bits per heavy atom. The first kappa shape index (κ1) is 9.25. The van der Waals surface area contributed by atoms with Gasteiger partial charge >= 0.3 is 0 Å². The van der Waals surface area contributed by atoms with Crippen molar-refractivity contribution in [3.05, 3.63) is 35.4 Å². The normalized spacial score (nSPS) is 17.2. The van der Waals surface area contributed by atoms with Gasteiger partial charge in [-0.15, -0.1) is 0 Å². The molecule has 0 unspecified atom stereocenters. The standard InChI is InChI=1S/C12H15NO/c1-13-9-5-4-7-10-6-2-3-8-11(10)12(13)14/h2-3,6,8H,4-5,7,9H2,1H3. The lowest BCUT2D eigenvalue weighted by Crippen LogP contribution is -2.30. The lowest BCUT2D eigenvalue weighted by molar-refractivity contribution is 0.0787. The highest BCUT2D eigenvalue weighted by Crippen LogP contribution is 2.17. The molecule has 0 aromatic heterocycles. The summed E-state index contributed by atoms with van der Waals surface area (Å²) in [5, 5.41) is 0. The van der Waals surface area contributed by atoms with Gasteiger partial charge in [0.25, 0.3) is 5.91 Å². The third kappa shape index (κ3) is 1.65. The number of carbonyl (C=O) groups excluding carboxylic acids is 1. The van der Waals surface area contributed by atoms with E-state index in [0.29, 0.717) is 0 Å². The maximum atomic E-state index is 11.9. The van der Waals surface area contributed by atoms with E-state index in [4.69, 9.17) is 0 Å². The average Bonchev–Trinajstić information content (AvgIpc) is 2.22. The Bertz CT molecular complexity index is 346. The van der Waals surface area contributed by atoms with Crippen LogP contribution in [0.25, 0.3) is 0 Å². The Morgan fingerprint density at radius 2 is 2.00 bits per heavy atom. The van der Waals surface area contributed by atoms with Crippen LogP contribution in [0.5, 0.6) is 0 Å². The van der Waals surface area contributed by atoms with Gasteiger partial charge in [0.2, 0.25) is 0 Å². The van der Waals surface area contributed by atoms with Crippen LogP contribution < -0.4 is 0 Å². The topological polar surface area (TPSA) is 20.3 Å². The summed E-state index contributed by atoms with van der Waals surface area (Å²) < 4.78 is 0. The number of carbonyl (C=O) groups is 1. The van der Waals surface area contributed by atoms with Gasteiger partial charge in [0, 0.05) is 19.2 Å². The summed E-state index contributed by atoms with van der Waals surface area (Å²) in [5.41, 5.74) is 2.08. The molecule has 2 rings (SSSR count). The molecule has 0 N–H and O–H groups in total. The van der Waals surface area contributed by atoms with Gasteiger partial charge in [-0.05, 0) is 30.9 Å². The molecule has 2 nitrogen and oxygen atoms in total. The maximum absolute atomic E-state index is 11.9. The molecule has 1 aromatic carbocycles. The third-order valence-corrected chi connectivity index (χ3v) is 2.78. The van der Waals surface area contributed by atoms with Gasteiger partial charge < -0.3 is 4.90 Å². The van der Waals surface area contributed by atoms with Crippen LogP contribution in [-0.4, -0.2) is 24.4 Å². The molecule has 0 saturated carbocycles. The van der Waals surface area contributed by atoms with Crippen molar-refractivity contribution in [3.63, 3.8) is 0 Å². The van der Waals surface area contributed by atoms with Crippen LogP contribution in [0.15, 0.2) is 24.3 Å². The van der Waals surface area contributed by atoms with Gasteiger partial charge in [0.15, 0.2) is 0 Å². The molecular formula is C12H15NO. The predicted octanol–water partition coefficient (Wildman–Crippen LogP) is 2.09. The molecule has 1 aliphatic rings. The summed E-state index contributed by atoms with van der Waals surface area (Å²) in [5.74, 6) is 0.167. The third-order valence-electron chi connectivity index (χ3n) is 2.78. The molecule has 0 radical (unpaired) electrons. The van der Waals surface area contributed by atoms with Crippen molar-refractivity contribution >= 4 is 5.91 Å². The summed E-state index contributed by atoms with van der Waals surface area (Å²) in [6.07, 6.45) is 3.32. The predicted molar refractivity (Wildman–Crippen MR) is 56.3 cm³/mol. The number of fused-ring (bicyclic) bond motifs is 1. The SMILES string of the molecule is CN1CCCCc2ccccc2C1=O. The number of amides is 1. The van der Waals surface area contributed by atoms with Crippen LogP contribution in [0.2, 0.25) is 0 Å². The molecule has 74 valence electrons. The second-order valence-corrected chi connectivity index (χ2v) is 3.84. The van der Waals surface area contributed by atoms with Gasteiger partial charge in [0.1, 0.15) is 0 Å². The second-order valence-electron chi connectivity index (χ2n) is 3.84. The minimum Gasteiger partial charge on any atom is -0.342 e. The first-order valence-electron chi connectivity index (χ1n) is 5.12. The van der Waals surface area contributed by atoms with E-state index in [2.05, 4.69) is 6.07 Å². The molecule has 1 aliphatic heterocycles. The number of nitrogens with zero attached hydrogens (tertiary/aromatic N) is 1. The zero-order chi connectivity index (χ0) is 9.97. The monoisotopic (exact) mass is 189 g/mol. The molecule has 2 heteroatoms. The molecule has 1 amide bonds. The number of aryl methyl sites for hydroxylation is 1. The van der Waals surface area contributed by atoms with E-state index in [9.17, 15) is 4.79 Å². The van der Waals surface area contributed by atoms with Crippen molar-refractivity contribution in [2.45, 2.75) is 19.3 Å². The molecule has 0 atom stereocenters. The van der Waals surface area contributed by atoms with Crippen LogP contribution in [0.4, 0.5) is 0 Å². The van der Waals surface area contributed by atoms with Crippen LogP contribution in [-0.2, 0) is 6.42 Å². The van der Waals surface area contributed by atoms with Crippen molar-refractivity contribution in [1.82, 2.24) is 4.90 Å². The van der Waals surface area contributed by atoms with Gasteiger partial charge in [-0.1, -0.05) is 18.2 Å². The van der Waals surface area contributed by atoms with Crippen molar-refractivity contribution < 1.29 is 4.79 Å². The van der Waals surface area contributed by atoms with Crippen LogP contribution >= 0.6 is 0 Å². The fraction of sp³-hybridized carbons (Fsp3) is 0.417. The van der Waals surface area contributed by atoms with E-state index in [1.807, 2.05) is 30.1 Å². The fourth-order valence-electron chi connectivity index (χ4n) is 1.92. The first-order valence-corrected chi connectivity index (χ1v) is 5.12. The Morgan fingerprint density at radius 1 is 1.21 bits per heavy atom. The van der Waals surface area contributed by atoms with E-state index < -0.39 is 0 Å². The van der Waals surface area contributed by atoms with Gasteiger partial charge in [-0.3, -0.25) is 4.79 Å². The lowest BCUT2D eigenvalue weighted by Gasteiger charge is -2.21. The fourth-order valence-corrected chi connectivity index (χ4v) is 1.92. The number of hydrogen-bond donors (Lipinski definition) is 0. The quantitative estimate of drug-likeness (QED) is 0.612. The van der Waals surface area contributed by atoms with E-state index >= 15 is 0 Å². The first-order chi connectivity index (χ1) is 6.79. The maximum Gasteiger partial charge on any atom is 0.253 e. The minimum atomic E-state index is 0.167. The Balaban J connectivity index is 2.40. The summed E-state index contributed by atoms with van der Waals surface area (Å²) in [7, 11) is 1.88. The van der Waals surface area contributed by atoms with Crippen molar-refractivity contribution in [2.75, 3.05) is 13.6 Å². The summed E-state index contributed by atoms with van der Waals surface area (Å²) in [4.78, 5) is 13.7. The summed E-state index contributed by atoms with van der Waals surface area (Å²) in [6.45, 7) is 0.882. The Hall–Kier alpha value is -1.31. The number of rotatable bonds is 0. The molecule has 0 bridgehead atoms. The van der Waals surface area contributed by atoms with Gasteiger partial charge in [0.05, 0.1) is 0 Å². The zero-order valence-electron chi connectivity index (χ0n) is 8.49.